The molecule has 1 atom stereocenters. The molecule has 0 saturated heterocycles. The Kier molecular flexibility index (Phi) is 4.84. The van der Waals surface area contributed by atoms with E-state index in [1.165, 1.54) is 24.0 Å². The number of furan rings is 1. The lowest BCUT2D eigenvalue weighted by Crippen LogP contribution is -2.41. The summed E-state index contributed by atoms with van der Waals surface area (Å²) in [4.78, 5) is 2.59. The number of benzene rings is 1. The Labute approximate surface area is 132 Å². The summed E-state index contributed by atoms with van der Waals surface area (Å²) in [5.41, 5.74) is 2.71. The maximum Gasteiger partial charge on any atom is 0.115 e. The molecule has 0 saturated carbocycles. The van der Waals surface area contributed by atoms with Gasteiger partial charge >= 0.3 is 0 Å². The van der Waals surface area contributed by atoms with E-state index in [4.69, 9.17) is 4.42 Å². The molecule has 1 aromatic heterocycles. The van der Waals surface area contributed by atoms with Gasteiger partial charge in [-0.25, -0.2) is 0 Å². The van der Waals surface area contributed by atoms with Crippen molar-refractivity contribution in [2.45, 2.75) is 45.1 Å². The number of phenolic OH excluding ortho intramolecular Hbond substituents is 1. The van der Waals surface area contributed by atoms with Crippen molar-refractivity contribution in [2.24, 2.45) is 0 Å². The van der Waals surface area contributed by atoms with Crippen molar-refractivity contribution in [3.63, 3.8) is 0 Å². The first kappa shape index (κ1) is 15.2. The molecule has 0 radical (unpaired) electrons. The zero-order chi connectivity index (χ0) is 15.4. The molecule has 0 spiro atoms. The van der Waals surface area contributed by atoms with Crippen LogP contribution in [0.1, 0.15) is 36.7 Å². The molecule has 1 heterocycles. The molecule has 0 amide bonds. The van der Waals surface area contributed by atoms with Crippen LogP contribution in [0.3, 0.4) is 0 Å². The molecule has 0 bridgehead atoms. The van der Waals surface area contributed by atoms with E-state index in [9.17, 15) is 5.11 Å². The van der Waals surface area contributed by atoms with Gasteiger partial charge in [0.2, 0.25) is 0 Å². The van der Waals surface area contributed by atoms with Crippen LogP contribution in [0.5, 0.6) is 5.75 Å². The standard InChI is InChI=1S/C19H25NO2/c1-2-10-20(11-9-19-4-3-12-22-19)17-7-5-15-6-8-18(21)14-16(15)13-17/h3-4,6,8,12,14,17,21H,2,5,7,9-11,13H2,1H3. The number of hydrogen-bond donors (Lipinski definition) is 1. The molecule has 3 rings (SSSR count). The quantitative estimate of drug-likeness (QED) is 0.881. The molecule has 0 fully saturated rings. The lowest BCUT2D eigenvalue weighted by atomic mass is 9.87. The largest absolute Gasteiger partial charge is 0.508 e. The summed E-state index contributed by atoms with van der Waals surface area (Å²) in [6, 6.07) is 10.4. The van der Waals surface area contributed by atoms with Crippen LogP contribution >= 0.6 is 0 Å². The van der Waals surface area contributed by atoms with Gasteiger partial charge < -0.3 is 9.52 Å². The van der Waals surface area contributed by atoms with Crippen LogP contribution in [0, 0.1) is 0 Å². The molecule has 22 heavy (non-hydrogen) atoms. The Morgan fingerprint density at radius 3 is 2.91 bits per heavy atom. The third-order valence-corrected chi connectivity index (χ3v) is 4.65. The van der Waals surface area contributed by atoms with E-state index in [1.54, 1.807) is 12.3 Å². The van der Waals surface area contributed by atoms with Gasteiger partial charge in [0.25, 0.3) is 0 Å². The molecule has 3 nitrogen and oxygen atoms in total. The number of phenols is 1. The van der Waals surface area contributed by atoms with Crippen LogP contribution < -0.4 is 0 Å². The van der Waals surface area contributed by atoms with Gasteiger partial charge in [-0.3, -0.25) is 4.90 Å². The average molecular weight is 299 g/mol. The molecule has 1 N–H and O–H groups in total. The Hall–Kier alpha value is -1.74. The number of aromatic hydroxyl groups is 1. The van der Waals surface area contributed by atoms with E-state index in [0.717, 1.165) is 38.1 Å². The number of rotatable bonds is 6. The maximum atomic E-state index is 9.72. The highest BCUT2D eigenvalue weighted by Gasteiger charge is 2.24. The molecule has 1 aliphatic rings. The average Bonchev–Trinajstić information content (AvgIpc) is 3.04. The lowest BCUT2D eigenvalue weighted by Gasteiger charge is -2.35. The minimum absolute atomic E-state index is 0.386. The monoisotopic (exact) mass is 299 g/mol. The predicted octanol–water partition coefficient (Wildman–Crippen LogP) is 3.80. The fourth-order valence-corrected chi connectivity index (χ4v) is 3.51. The molecule has 1 aromatic carbocycles. The second-order valence-electron chi connectivity index (χ2n) is 6.21. The van der Waals surface area contributed by atoms with Crippen LogP contribution in [-0.2, 0) is 19.3 Å². The summed E-state index contributed by atoms with van der Waals surface area (Å²) in [6.07, 6.45) is 7.25. The van der Waals surface area contributed by atoms with E-state index in [0.29, 0.717) is 11.8 Å². The summed E-state index contributed by atoms with van der Waals surface area (Å²) >= 11 is 0. The maximum absolute atomic E-state index is 9.72. The minimum Gasteiger partial charge on any atom is -0.508 e. The van der Waals surface area contributed by atoms with Crippen molar-refractivity contribution >= 4 is 0 Å². The first-order chi connectivity index (χ1) is 10.8. The van der Waals surface area contributed by atoms with Crippen molar-refractivity contribution in [1.29, 1.82) is 0 Å². The highest BCUT2D eigenvalue weighted by molar-refractivity contribution is 5.37. The topological polar surface area (TPSA) is 36.6 Å². The van der Waals surface area contributed by atoms with Gasteiger partial charge in [-0.2, -0.15) is 0 Å². The summed E-state index contributed by atoms with van der Waals surface area (Å²) in [5, 5.41) is 9.72. The fraction of sp³-hybridized carbons (Fsp3) is 0.474. The molecule has 1 unspecified atom stereocenters. The molecule has 2 aromatic rings. The highest BCUT2D eigenvalue weighted by Crippen LogP contribution is 2.27. The third-order valence-electron chi connectivity index (χ3n) is 4.65. The SMILES string of the molecule is CCCN(CCc1ccco1)C1CCc2ccc(O)cc2C1. The van der Waals surface area contributed by atoms with Gasteiger partial charge in [0, 0.05) is 19.0 Å². The van der Waals surface area contributed by atoms with Gasteiger partial charge in [-0.05, 0) is 67.6 Å². The molecule has 3 heteroatoms. The van der Waals surface area contributed by atoms with Crippen molar-refractivity contribution < 1.29 is 9.52 Å². The van der Waals surface area contributed by atoms with Crippen LogP contribution in [0.4, 0.5) is 0 Å². The second kappa shape index (κ2) is 7.01. The Morgan fingerprint density at radius 2 is 2.14 bits per heavy atom. The van der Waals surface area contributed by atoms with E-state index in [1.807, 2.05) is 12.1 Å². The van der Waals surface area contributed by atoms with Crippen LogP contribution in [0.15, 0.2) is 41.0 Å². The van der Waals surface area contributed by atoms with E-state index < -0.39 is 0 Å². The van der Waals surface area contributed by atoms with Gasteiger partial charge in [0.1, 0.15) is 11.5 Å². The van der Waals surface area contributed by atoms with Crippen LogP contribution in [-0.4, -0.2) is 29.1 Å². The Bertz CT molecular complexity index is 591. The first-order valence-corrected chi connectivity index (χ1v) is 8.33. The van der Waals surface area contributed by atoms with E-state index in [-0.39, 0.29) is 0 Å². The smallest absolute Gasteiger partial charge is 0.115 e. The molecular formula is C19H25NO2. The van der Waals surface area contributed by atoms with E-state index >= 15 is 0 Å². The van der Waals surface area contributed by atoms with Gasteiger partial charge in [0.05, 0.1) is 6.26 Å². The van der Waals surface area contributed by atoms with Gasteiger partial charge in [-0.1, -0.05) is 13.0 Å². The summed E-state index contributed by atoms with van der Waals surface area (Å²) < 4.78 is 5.46. The zero-order valence-corrected chi connectivity index (χ0v) is 13.3. The summed E-state index contributed by atoms with van der Waals surface area (Å²) in [6.45, 7) is 4.40. The van der Waals surface area contributed by atoms with Crippen molar-refractivity contribution in [3.8, 4) is 5.75 Å². The second-order valence-corrected chi connectivity index (χ2v) is 6.21. The van der Waals surface area contributed by atoms with Crippen LogP contribution in [0.2, 0.25) is 0 Å². The molecular weight excluding hydrogens is 274 g/mol. The summed E-state index contributed by atoms with van der Waals surface area (Å²) in [7, 11) is 0. The van der Waals surface area contributed by atoms with Gasteiger partial charge in [-0.15, -0.1) is 0 Å². The molecule has 0 aliphatic heterocycles. The Morgan fingerprint density at radius 1 is 1.23 bits per heavy atom. The normalized spacial score (nSPS) is 17.6. The fourth-order valence-electron chi connectivity index (χ4n) is 3.51. The van der Waals surface area contributed by atoms with E-state index in [2.05, 4.69) is 24.0 Å². The number of aryl methyl sites for hydroxylation is 1. The van der Waals surface area contributed by atoms with Crippen molar-refractivity contribution in [3.05, 3.63) is 53.5 Å². The third kappa shape index (κ3) is 3.53. The number of fused-ring (bicyclic) bond motifs is 1. The first-order valence-electron chi connectivity index (χ1n) is 8.33. The zero-order valence-electron chi connectivity index (χ0n) is 13.3. The summed E-state index contributed by atoms with van der Waals surface area (Å²) in [5.74, 6) is 1.45. The number of hydrogen-bond acceptors (Lipinski definition) is 3. The number of nitrogens with zero attached hydrogens (tertiary/aromatic N) is 1. The lowest BCUT2D eigenvalue weighted by molar-refractivity contribution is 0.178. The van der Waals surface area contributed by atoms with Crippen molar-refractivity contribution in [2.75, 3.05) is 13.1 Å². The minimum atomic E-state index is 0.386. The van der Waals surface area contributed by atoms with Crippen molar-refractivity contribution in [1.82, 2.24) is 4.90 Å². The molecule has 118 valence electrons. The van der Waals surface area contributed by atoms with Gasteiger partial charge in [0.15, 0.2) is 0 Å². The predicted molar refractivity (Wildman–Crippen MR) is 88.2 cm³/mol. The Balaban J connectivity index is 1.66. The van der Waals surface area contributed by atoms with Crippen LogP contribution in [0.25, 0.3) is 0 Å². The molecule has 1 aliphatic carbocycles. The highest BCUT2D eigenvalue weighted by atomic mass is 16.3.